The van der Waals surface area contributed by atoms with Crippen molar-refractivity contribution in [2.45, 2.75) is 25.6 Å². The zero-order valence-corrected chi connectivity index (χ0v) is 16.2. The summed E-state index contributed by atoms with van der Waals surface area (Å²) in [6.45, 7) is 5.40. The third-order valence-electron chi connectivity index (χ3n) is 5.62. The molecule has 1 N–H and O–H groups in total. The van der Waals surface area contributed by atoms with Crippen molar-refractivity contribution in [2.75, 3.05) is 39.3 Å². The zero-order valence-electron chi connectivity index (χ0n) is 16.2. The third-order valence-corrected chi connectivity index (χ3v) is 5.62. The fourth-order valence-corrected chi connectivity index (χ4v) is 4.13. The van der Waals surface area contributed by atoms with E-state index in [0.717, 1.165) is 31.7 Å². The number of benzene rings is 1. The highest BCUT2D eigenvalue weighted by Crippen LogP contribution is 2.18. The van der Waals surface area contributed by atoms with Crippen molar-refractivity contribution in [3.8, 4) is 0 Å². The molecule has 0 saturated carbocycles. The molecule has 6 nitrogen and oxygen atoms in total. The molecule has 0 spiro atoms. The summed E-state index contributed by atoms with van der Waals surface area (Å²) in [6, 6.07) is 14.4. The summed E-state index contributed by atoms with van der Waals surface area (Å²) in [5.74, 6) is 0.0882. The second-order valence-corrected chi connectivity index (χ2v) is 7.78. The molecule has 1 atom stereocenters. The number of rotatable bonds is 6. The van der Waals surface area contributed by atoms with Crippen LogP contribution in [0.3, 0.4) is 0 Å². The Morgan fingerprint density at radius 3 is 2.54 bits per heavy atom. The van der Waals surface area contributed by atoms with Gasteiger partial charge in [0.05, 0.1) is 18.3 Å². The summed E-state index contributed by atoms with van der Waals surface area (Å²) in [6.07, 6.45) is 2.29. The number of fused-ring (bicyclic) bond motifs is 1. The summed E-state index contributed by atoms with van der Waals surface area (Å²) in [7, 11) is 0. The number of carbonyl (C=O) groups excluding carboxylic acids is 1. The highest BCUT2D eigenvalue weighted by atomic mass is 16.3. The van der Waals surface area contributed by atoms with Gasteiger partial charge in [-0.25, -0.2) is 0 Å². The molecule has 1 unspecified atom stereocenters. The molecule has 1 aromatic carbocycles. The number of piperazine rings is 1. The summed E-state index contributed by atoms with van der Waals surface area (Å²) < 4.78 is 0. The molecule has 1 amide bonds. The maximum atomic E-state index is 12.5. The number of carbonyl (C=O) groups is 1. The number of aliphatic hydroxyl groups is 1. The van der Waals surface area contributed by atoms with Crippen LogP contribution in [0.25, 0.3) is 0 Å². The molecule has 2 aliphatic rings. The van der Waals surface area contributed by atoms with E-state index in [0.29, 0.717) is 32.7 Å². The number of β-amino-alcohol motifs (C(OH)–C–C–N with tert-alkyl or cyclic N) is 1. The first-order valence-electron chi connectivity index (χ1n) is 10.0. The number of aromatic nitrogens is 1. The Kier molecular flexibility index (Phi) is 6.00. The molecule has 1 fully saturated rings. The standard InChI is InChI=1S/C22H28N4O2/c27-21(15-24-10-8-18-5-1-2-6-19(18)13-24)16-26-12-11-25(17-22(26)28)14-20-7-3-4-9-23-20/h1-7,9,21,27H,8,10-17H2. The van der Waals surface area contributed by atoms with Gasteiger partial charge in [0.2, 0.25) is 5.91 Å². The molecule has 6 heteroatoms. The van der Waals surface area contributed by atoms with Gasteiger partial charge in [-0.15, -0.1) is 0 Å². The Bertz CT molecular complexity index is 798. The monoisotopic (exact) mass is 380 g/mol. The number of aliphatic hydroxyl groups excluding tert-OH is 1. The molecule has 148 valence electrons. The third kappa shape index (κ3) is 4.76. The van der Waals surface area contributed by atoms with E-state index < -0.39 is 6.10 Å². The van der Waals surface area contributed by atoms with Crippen LogP contribution in [0, 0.1) is 0 Å². The quantitative estimate of drug-likeness (QED) is 0.815. The average Bonchev–Trinajstić information content (AvgIpc) is 2.71. The molecule has 3 heterocycles. The van der Waals surface area contributed by atoms with Crippen molar-refractivity contribution >= 4 is 5.91 Å². The number of nitrogens with zero attached hydrogens (tertiary/aromatic N) is 4. The molecule has 2 aromatic rings. The van der Waals surface area contributed by atoms with Crippen LogP contribution < -0.4 is 0 Å². The molecule has 1 aromatic heterocycles. The smallest absolute Gasteiger partial charge is 0.236 e. The van der Waals surface area contributed by atoms with Crippen molar-refractivity contribution in [3.05, 3.63) is 65.5 Å². The van der Waals surface area contributed by atoms with Crippen LogP contribution in [0.2, 0.25) is 0 Å². The maximum absolute atomic E-state index is 12.5. The van der Waals surface area contributed by atoms with Crippen molar-refractivity contribution < 1.29 is 9.90 Å². The molecule has 0 aliphatic carbocycles. The van der Waals surface area contributed by atoms with E-state index in [-0.39, 0.29) is 5.91 Å². The average molecular weight is 380 g/mol. The lowest BCUT2D eigenvalue weighted by atomic mass is 10.00. The van der Waals surface area contributed by atoms with E-state index in [1.165, 1.54) is 11.1 Å². The van der Waals surface area contributed by atoms with Crippen molar-refractivity contribution in [1.82, 2.24) is 19.7 Å². The fraction of sp³-hybridized carbons (Fsp3) is 0.455. The SMILES string of the molecule is O=C1CN(Cc2ccccn2)CCN1CC(O)CN1CCc2ccccc2C1. The van der Waals surface area contributed by atoms with Gasteiger partial charge in [-0.05, 0) is 29.7 Å². The molecule has 1 saturated heterocycles. The van der Waals surface area contributed by atoms with E-state index in [2.05, 4.69) is 39.0 Å². The molecule has 0 radical (unpaired) electrons. The van der Waals surface area contributed by atoms with Crippen LogP contribution in [-0.4, -0.2) is 76.1 Å². The predicted octanol–water partition coefficient (Wildman–Crippen LogP) is 1.14. The first kappa shape index (κ1) is 19.1. The van der Waals surface area contributed by atoms with Crippen LogP contribution in [0.4, 0.5) is 0 Å². The fourth-order valence-electron chi connectivity index (χ4n) is 4.13. The molecule has 0 bridgehead atoms. The largest absolute Gasteiger partial charge is 0.390 e. The highest BCUT2D eigenvalue weighted by Gasteiger charge is 2.27. The molecule has 2 aliphatic heterocycles. The normalized spacial score (nSPS) is 19.5. The Balaban J connectivity index is 1.24. The topological polar surface area (TPSA) is 59.9 Å². The lowest BCUT2D eigenvalue weighted by Crippen LogP contribution is -2.53. The summed E-state index contributed by atoms with van der Waals surface area (Å²) in [4.78, 5) is 23.1. The second-order valence-electron chi connectivity index (χ2n) is 7.78. The minimum absolute atomic E-state index is 0.0882. The van der Waals surface area contributed by atoms with Crippen LogP contribution in [0.1, 0.15) is 16.8 Å². The number of hydrogen-bond donors (Lipinski definition) is 1. The minimum Gasteiger partial charge on any atom is -0.390 e. The van der Waals surface area contributed by atoms with Gasteiger partial charge in [-0.2, -0.15) is 0 Å². The van der Waals surface area contributed by atoms with Gasteiger partial charge >= 0.3 is 0 Å². The summed E-state index contributed by atoms with van der Waals surface area (Å²) >= 11 is 0. The Labute approximate surface area is 166 Å². The second kappa shape index (κ2) is 8.82. The van der Waals surface area contributed by atoms with E-state index >= 15 is 0 Å². The summed E-state index contributed by atoms with van der Waals surface area (Å²) in [5, 5.41) is 10.6. The lowest BCUT2D eigenvalue weighted by Gasteiger charge is -2.36. The van der Waals surface area contributed by atoms with Gasteiger partial charge < -0.3 is 10.0 Å². The Hall–Kier alpha value is -2.28. The summed E-state index contributed by atoms with van der Waals surface area (Å²) in [5.41, 5.74) is 3.74. The number of pyridine rings is 1. The first-order chi connectivity index (χ1) is 13.7. The number of amides is 1. The van der Waals surface area contributed by atoms with Gasteiger partial charge in [0, 0.05) is 52.0 Å². The van der Waals surface area contributed by atoms with E-state index in [4.69, 9.17) is 0 Å². The highest BCUT2D eigenvalue weighted by molar-refractivity contribution is 5.79. The number of hydrogen-bond acceptors (Lipinski definition) is 5. The lowest BCUT2D eigenvalue weighted by molar-refractivity contribution is -0.138. The van der Waals surface area contributed by atoms with Crippen LogP contribution >= 0.6 is 0 Å². The van der Waals surface area contributed by atoms with E-state index in [1.807, 2.05) is 18.2 Å². The van der Waals surface area contributed by atoms with Crippen molar-refractivity contribution in [3.63, 3.8) is 0 Å². The molecule has 28 heavy (non-hydrogen) atoms. The Morgan fingerprint density at radius 2 is 1.75 bits per heavy atom. The van der Waals surface area contributed by atoms with E-state index in [9.17, 15) is 9.90 Å². The van der Waals surface area contributed by atoms with Crippen LogP contribution in [-0.2, 0) is 24.3 Å². The van der Waals surface area contributed by atoms with Crippen molar-refractivity contribution in [2.24, 2.45) is 0 Å². The molecular formula is C22H28N4O2. The Morgan fingerprint density at radius 1 is 0.929 bits per heavy atom. The van der Waals surface area contributed by atoms with Crippen LogP contribution in [0.15, 0.2) is 48.7 Å². The minimum atomic E-state index is -0.517. The van der Waals surface area contributed by atoms with E-state index in [1.54, 1.807) is 11.1 Å². The maximum Gasteiger partial charge on any atom is 0.236 e. The van der Waals surface area contributed by atoms with Gasteiger partial charge in [0.15, 0.2) is 0 Å². The first-order valence-corrected chi connectivity index (χ1v) is 10.0. The van der Waals surface area contributed by atoms with Crippen LogP contribution in [0.5, 0.6) is 0 Å². The van der Waals surface area contributed by atoms with Gasteiger partial charge in [0.1, 0.15) is 0 Å². The van der Waals surface area contributed by atoms with Gasteiger partial charge in [-0.3, -0.25) is 19.6 Å². The predicted molar refractivity (Wildman–Crippen MR) is 108 cm³/mol. The zero-order chi connectivity index (χ0) is 19.3. The van der Waals surface area contributed by atoms with Crippen molar-refractivity contribution in [1.29, 1.82) is 0 Å². The van der Waals surface area contributed by atoms with Gasteiger partial charge in [-0.1, -0.05) is 30.3 Å². The molecule has 4 rings (SSSR count). The molecular weight excluding hydrogens is 352 g/mol. The van der Waals surface area contributed by atoms with Gasteiger partial charge in [0.25, 0.3) is 0 Å².